The van der Waals surface area contributed by atoms with Gasteiger partial charge in [-0.15, -0.1) is 0 Å². The Balaban J connectivity index is 2.59. The summed E-state index contributed by atoms with van der Waals surface area (Å²) in [6.07, 6.45) is 3.16. The lowest BCUT2D eigenvalue weighted by atomic mass is 10.1. The van der Waals surface area contributed by atoms with Gasteiger partial charge in [0.25, 0.3) is 5.69 Å². The van der Waals surface area contributed by atoms with E-state index in [1.165, 1.54) is 12.1 Å². The average Bonchev–Trinajstić information content (AvgIpc) is 2.52. The first-order valence-corrected chi connectivity index (χ1v) is 9.16. The smallest absolute Gasteiger partial charge is 0.269 e. The van der Waals surface area contributed by atoms with Crippen LogP contribution in [0.5, 0.6) is 0 Å². The van der Waals surface area contributed by atoms with Crippen LogP contribution in [0, 0.1) is 16.0 Å². The molecule has 2 N–H and O–H groups in total. The summed E-state index contributed by atoms with van der Waals surface area (Å²) in [6, 6.07) is 6.51. The average molecular weight is 338 g/mol. The number of nitrogens with one attached hydrogen (secondary N) is 2. The zero-order valence-electron chi connectivity index (χ0n) is 14.0. The molecule has 0 saturated carbocycles. The van der Waals surface area contributed by atoms with Crippen LogP contribution in [0.15, 0.2) is 29.3 Å². The van der Waals surface area contributed by atoms with Gasteiger partial charge >= 0.3 is 0 Å². The predicted octanol–water partition coefficient (Wildman–Crippen LogP) is 3.04. The second-order valence-electron chi connectivity index (χ2n) is 5.62. The summed E-state index contributed by atoms with van der Waals surface area (Å²) >= 11 is 1.78. The maximum Gasteiger partial charge on any atom is 0.269 e. The van der Waals surface area contributed by atoms with Gasteiger partial charge in [-0.3, -0.25) is 10.1 Å². The molecule has 0 aliphatic heterocycles. The highest BCUT2D eigenvalue weighted by atomic mass is 32.2. The summed E-state index contributed by atoms with van der Waals surface area (Å²) in [6.45, 7) is 6.61. The van der Waals surface area contributed by atoms with Crippen LogP contribution in [0.3, 0.4) is 0 Å². The van der Waals surface area contributed by atoms with Crippen LogP contribution in [0.4, 0.5) is 5.69 Å². The summed E-state index contributed by atoms with van der Waals surface area (Å²) in [5.74, 6) is 2.45. The summed E-state index contributed by atoms with van der Waals surface area (Å²) in [5, 5.41) is 17.3. The first kappa shape index (κ1) is 19.3. The van der Waals surface area contributed by atoms with E-state index in [4.69, 9.17) is 0 Å². The van der Waals surface area contributed by atoms with Crippen LogP contribution < -0.4 is 10.6 Å². The normalized spacial score (nSPS) is 11.6. The van der Waals surface area contributed by atoms with Crippen LogP contribution in [-0.4, -0.2) is 36.0 Å². The van der Waals surface area contributed by atoms with E-state index in [0.717, 1.165) is 36.8 Å². The summed E-state index contributed by atoms with van der Waals surface area (Å²) in [7, 11) is 0. The topological polar surface area (TPSA) is 79.6 Å². The van der Waals surface area contributed by atoms with Gasteiger partial charge in [-0.25, -0.2) is 4.99 Å². The van der Waals surface area contributed by atoms with E-state index in [2.05, 4.69) is 35.7 Å². The van der Waals surface area contributed by atoms with Gasteiger partial charge in [-0.2, -0.15) is 11.8 Å². The number of guanidine groups is 1. The molecule has 0 heterocycles. The molecule has 1 aromatic rings. The molecule has 0 saturated heterocycles. The Kier molecular flexibility index (Phi) is 9.12. The van der Waals surface area contributed by atoms with Crippen LogP contribution in [0.25, 0.3) is 0 Å². The molecule has 0 aliphatic carbocycles. The fourth-order valence-electron chi connectivity index (χ4n) is 1.82. The molecule has 1 aromatic carbocycles. The minimum atomic E-state index is -0.393. The number of nitro benzene ring substituents is 1. The lowest BCUT2D eigenvalue weighted by Gasteiger charge is -2.13. The highest BCUT2D eigenvalue weighted by Crippen LogP contribution is 2.12. The Hall–Kier alpha value is -1.76. The number of nitro groups is 1. The van der Waals surface area contributed by atoms with Crippen molar-refractivity contribution >= 4 is 23.4 Å². The second-order valence-corrected chi connectivity index (χ2v) is 6.60. The van der Waals surface area contributed by atoms with Gasteiger partial charge in [0.2, 0.25) is 0 Å². The van der Waals surface area contributed by atoms with E-state index in [9.17, 15) is 10.1 Å². The zero-order chi connectivity index (χ0) is 17.1. The number of non-ortho nitro benzene ring substituents is 1. The molecule has 128 valence electrons. The van der Waals surface area contributed by atoms with E-state index < -0.39 is 4.92 Å². The SMILES string of the molecule is CSCCNC(=NCc1ccc([N+](=O)[O-])cc1)NCCC(C)C. The molecule has 7 heteroatoms. The molecule has 0 fully saturated rings. The van der Waals surface area contributed by atoms with E-state index in [1.54, 1.807) is 23.9 Å². The van der Waals surface area contributed by atoms with Gasteiger partial charge in [0.05, 0.1) is 11.5 Å². The van der Waals surface area contributed by atoms with Crippen LogP contribution in [0.1, 0.15) is 25.8 Å². The van der Waals surface area contributed by atoms with E-state index in [1.807, 2.05) is 0 Å². The van der Waals surface area contributed by atoms with Gasteiger partial charge < -0.3 is 10.6 Å². The number of rotatable bonds is 9. The van der Waals surface area contributed by atoms with Crippen molar-refractivity contribution in [2.75, 3.05) is 25.1 Å². The van der Waals surface area contributed by atoms with Crippen molar-refractivity contribution in [1.82, 2.24) is 10.6 Å². The van der Waals surface area contributed by atoms with Gasteiger partial charge in [-0.1, -0.05) is 26.0 Å². The molecule has 0 amide bonds. The molecule has 0 unspecified atom stereocenters. The first-order chi connectivity index (χ1) is 11.0. The Labute approximate surface area is 142 Å². The minimum absolute atomic E-state index is 0.103. The van der Waals surface area contributed by atoms with Crippen molar-refractivity contribution in [3.63, 3.8) is 0 Å². The molecular formula is C16H26N4O2S. The maximum atomic E-state index is 10.7. The lowest BCUT2D eigenvalue weighted by molar-refractivity contribution is -0.384. The third kappa shape index (κ3) is 8.44. The number of thioether (sulfide) groups is 1. The van der Waals surface area contributed by atoms with Crippen molar-refractivity contribution in [3.8, 4) is 0 Å². The highest BCUT2D eigenvalue weighted by molar-refractivity contribution is 7.98. The Morgan fingerprint density at radius 1 is 1.26 bits per heavy atom. The van der Waals surface area contributed by atoms with Crippen LogP contribution in [-0.2, 0) is 6.54 Å². The molecule has 1 rings (SSSR count). The van der Waals surface area contributed by atoms with Crippen molar-refractivity contribution in [2.45, 2.75) is 26.8 Å². The van der Waals surface area contributed by atoms with Gasteiger partial charge in [0.1, 0.15) is 0 Å². The Morgan fingerprint density at radius 3 is 2.48 bits per heavy atom. The quantitative estimate of drug-likeness (QED) is 0.238. The molecule has 0 radical (unpaired) electrons. The Morgan fingerprint density at radius 2 is 1.91 bits per heavy atom. The number of hydrogen-bond donors (Lipinski definition) is 2. The van der Waals surface area contributed by atoms with Gasteiger partial charge in [0.15, 0.2) is 5.96 Å². The van der Waals surface area contributed by atoms with Crippen molar-refractivity contribution in [2.24, 2.45) is 10.9 Å². The van der Waals surface area contributed by atoms with E-state index >= 15 is 0 Å². The summed E-state index contributed by atoms with van der Waals surface area (Å²) in [4.78, 5) is 14.8. The molecule has 0 spiro atoms. The van der Waals surface area contributed by atoms with Crippen molar-refractivity contribution in [1.29, 1.82) is 0 Å². The van der Waals surface area contributed by atoms with Crippen LogP contribution >= 0.6 is 11.8 Å². The zero-order valence-corrected chi connectivity index (χ0v) is 14.9. The maximum absolute atomic E-state index is 10.7. The molecule has 0 aromatic heterocycles. The van der Waals surface area contributed by atoms with E-state index in [-0.39, 0.29) is 5.69 Å². The third-order valence-electron chi connectivity index (χ3n) is 3.18. The predicted molar refractivity (Wildman–Crippen MR) is 98.1 cm³/mol. The second kappa shape index (κ2) is 10.9. The molecule has 0 bridgehead atoms. The highest BCUT2D eigenvalue weighted by Gasteiger charge is 2.04. The number of hydrogen-bond acceptors (Lipinski definition) is 4. The molecule has 0 atom stereocenters. The molecule has 23 heavy (non-hydrogen) atoms. The van der Waals surface area contributed by atoms with Gasteiger partial charge in [-0.05, 0) is 24.2 Å². The monoisotopic (exact) mass is 338 g/mol. The Bertz CT molecular complexity index is 503. The third-order valence-corrected chi connectivity index (χ3v) is 3.79. The number of benzene rings is 1. The molecule has 0 aliphatic rings. The van der Waals surface area contributed by atoms with Crippen molar-refractivity contribution in [3.05, 3.63) is 39.9 Å². The number of aliphatic imine (C=N–C) groups is 1. The standard InChI is InChI=1S/C16H26N4O2S/c1-13(2)8-9-17-16(18-10-11-23-3)19-12-14-4-6-15(7-5-14)20(21)22/h4-7,13H,8-12H2,1-3H3,(H2,17,18,19). The largest absolute Gasteiger partial charge is 0.356 e. The fourth-order valence-corrected chi connectivity index (χ4v) is 2.12. The van der Waals surface area contributed by atoms with Gasteiger partial charge in [0, 0.05) is 31.0 Å². The van der Waals surface area contributed by atoms with Crippen LogP contribution in [0.2, 0.25) is 0 Å². The molecular weight excluding hydrogens is 312 g/mol. The number of nitrogens with zero attached hydrogens (tertiary/aromatic N) is 2. The van der Waals surface area contributed by atoms with E-state index in [0.29, 0.717) is 12.5 Å². The van der Waals surface area contributed by atoms with Crippen molar-refractivity contribution < 1.29 is 4.92 Å². The molecule has 6 nitrogen and oxygen atoms in total. The summed E-state index contributed by atoms with van der Waals surface area (Å²) in [5.41, 5.74) is 1.05. The lowest BCUT2D eigenvalue weighted by Crippen LogP contribution is -2.39. The fraction of sp³-hybridized carbons (Fsp3) is 0.562. The summed E-state index contributed by atoms with van der Waals surface area (Å²) < 4.78 is 0. The first-order valence-electron chi connectivity index (χ1n) is 7.77. The minimum Gasteiger partial charge on any atom is -0.356 e.